The number of hydrogen-bond donors (Lipinski definition) is 1. The molecule has 4 nitrogen and oxygen atoms in total. The van der Waals surface area contributed by atoms with Crippen LogP contribution in [0.4, 0.5) is 11.8 Å². The second-order valence-electron chi connectivity index (χ2n) is 4.00. The van der Waals surface area contributed by atoms with E-state index in [0.29, 0.717) is 6.04 Å². The van der Waals surface area contributed by atoms with Gasteiger partial charge in [-0.2, -0.15) is 4.98 Å². The van der Waals surface area contributed by atoms with E-state index in [9.17, 15) is 0 Å². The Balaban J connectivity index is 2.21. The molecule has 0 bridgehead atoms. The highest BCUT2D eigenvalue weighted by Gasteiger charge is 2.22. The van der Waals surface area contributed by atoms with E-state index in [-0.39, 0.29) is 0 Å². The van der Waals surface area contributed by atoms with Crippen molar-refractivity contribution in [3.63, 3.8) is 0 Å². The zero-order valence-electron chi connectivity index (χ0n) is 8.91. The lowest BCUT2D eigenvalue weighted by atomic mass is 10.4. The largest absolute Gasteiger partial charge is 0.363 e. The number of rotatable bonds is 3. The third-order valence-corrected chi connectivity index (χ3v) is 2.21. The first-order valence-electron chi connectivity index (χ1n) is 4.94. The first kappa shape index (κ1) is 9.24. The highest BCUT2D eigenvalue weighted by atomic mass is 15.2. The van der Waals surface area contributed by atoms with Crippen molar-refractivity contribution in [3.8, 4) is 0 Å². The third-order valence-electron chi connectivity index (χ3n) is 2.21. The summed E-state index contributed by atoms with van der Waals surface area (Å²) in [6.07, 6.45) is 2.49. The molecule has 2 rings (SSSR count). The van der Waals surface area contributed by atoms with Crippen LogP contribution in [0.5, 0.6) is 0 Å². The predicted octanol–water partition coefficient (Wildman–Crippen LogP) is 1.43. The molecule has 0 aromatic carbocycles. The fourth-order valence-electron chi connectivity index (χ4n) is 1.26. The van der Waals surface area contributed by atoms with Crippen LogP contribution < -0.4 is 10.2 Å². The minimum atomic E-state index is 0.604. The monoisotopic (exact) mass is 192 g/mol. The van der Waals surface area contributed by atoms with Gasteiger partial charge in [-0.3, -0.25) is 0 Å². The van der Waals surface area contributed by atoms with Gasteiger partial charge < -0.3 is 10.2 Å². The van der Waals surface area contributed by atoms with E-state index in [4.69, 9.17) is 0 Å². The van der Waals surface area contributed by atoms with Gasteiger partial charge in [0.25, 0.3) is 0 Å². The number of anilines is 2. The smallest absolute Gasteiger partial charge is 0.225 e. The number of nitrogens with zero attached hydrogens (tertiary/aromatic N) is 3. The Hall–Kier alpha value is -1.32. The topological polar surface area (TPSA) is 41.1 Å². The van der Waals surface area contributed by atoms with E-state index in [1.807, 2.05) is 32.0 Å². The summed E-state index contributed by atoms with van der Waals surface area (Å²) >= 11 is 0. The minimum Gasteiger partial charge on any atom is -0.363 e. The minimum absolute atomic E-state index is 0.604. The standard InChI is InChI=1S/C10H16N4/c1-7-6-9(14(2)3)13-10(11-7)12-8-4-5-8/h6,8H,4-5H2,1-3H3,(H,11,12,13). The SMILES string of the molecule is Cc1cc(N(C)C)nc(NC2CC2)n1. The van der Waals surface area contributed by atoms with Crippen molar-refractivity contribution in [2.24, 2.45) is 0 Å². The molecule has 4 heteroatoms. The van der Waals surface area contributed by atoms with Gasteiger partial charge in [0.2, 0.25) is 5.95 Å². The Morgan fingerprint density at radius 3 is 2.64 bits per heavy atom. The summed E-state index contributed by atoms with van der Waals surface area (Å²) in [5.74, 6) is 1.72. The average Bonchev–Trinajstić information content (AvgIpc) is 2.87. The molecule has 0 spiro atoms. The molecule has 1 N–H and O–H groups in total. The summed E-state index contributed by atoms with van der Waals surface area (Å²) in [6, 6.07) is 2.59. The van der Waals surface area contributed by atoms with Crippen LogP contribution in [0.2, 0.25) is 0 Å². The maximum Gasteiger partial charge on any atom is 0.225 e. The maximum atomic E-state index is 4.42. The molecule has 76 valence electrons. The summed E-state index contributed by atoms with van der Waals surface area (Å²) < 4.78 is 0. The van der Waals surface area contributed by atoms with Crippen molar-refractivity contribution in [1.29, 1.82) is 0 Å². The first-order valence-corrected chi connectivity index (χ1v) is 4.94. The zero-order chi connectivity index (χ0) is 10.1. The number of aromatic nitrogens is 2. The molecule has 1 saturated carbocycles. The summed E-state index contributed by atoms with van der Waals surface area (Å²) in [5.41, 5.74) is 1.01. The van der Waals surface area contributed by atoms with Crippen LogP contribution in [0.15, 0.2) is 6.07 Å². The molecule has 0 unspecified atom stereocenters. The molecule has 1 aliphatic carbocycles. The van der Waals surface area contributed by atoms with E-state index in [0.717, 1.165) is 17.5 Å². The maximum absolute atomic E-state index is 4.42. The molecule has 14 heavy (non-hydrogen) atoms. The molecule has 0 amide bonds. The van der Waals surface area contributed by atoms with Crippen LogP contribution in [0, 0.1) is 6.92 Å². The average molecular weight is 192 g/mol. The molecule has 0 aliphatic heterocycles. The summed E-state index contributed by atoms with van der Waals surface area (Å²) in [6.45, 7) is 1.99. The molecular formula is C10H16N4. The normalized spacial score (nSPS) is 15.4. The molecule has 0 radical (unpaired) electrons. The van der Waals surface area contributed by atoms with Gasteiger partial charge in [0, 0.05) is 31.9 Å². The Morgan fingerprint density at radius 2 is 2.07 bits per heavy atom. The second-order valence-corrected chi connectivity index (χ2v) is 4.00. The summed E-state index contributed by atoms with van der Waals surface area (Å²) in [5, 5.41) is 3.30. The molecule has 0 saturated heterocycles. The fraction of sp³-hybridized carbons (Fsp3) is 0.600. The van der Waals surface area contributed by atoms with E-state index in [1.165, 1.54) is 12.8 Å². The van der Waals surface area contributed by atoms with Crippen LogP contribution >= 0.6 is 0 Å². The van der Waals surface area contributed by atoms with Crippen molar-refractivity contribution >= 4 is 11.8 Å². The van der Waals surface area contributed by atoms with Crippen LogP contribution in [-0.4, -0.2) is 30.1 Å². The summed E-state index contributed by atoms with van der Waals surface area (Å²) in [4.78, 5) is 10.8. The predicted molar refractivity (Wildman–Crippen MR) is 57.7 cm³/mol. The first-order chi connectivity index (χ1) is 6.65. The lowest BCUT2D eigenvalue weighted by molar-refractivity contribution is 0.987. The molecule has 1 aromatic heterocycles. The molecule has 0 atom stereocenters. The molecule has 1 heterocycles. The fourth-order valence-corrected chi connectivity index (χ4v) is 1.26. The van der Waals surface area contributed by atoms with Crippen LogP contribution in [0.1, 0.15) is 18.5 Å². The van der Waals surface area contributed by atoms with Crippen molar-refractivity contribution in [2.45, 2.75) is 25.8 Å². The van der Waals surface area contributed by atoms with Gasteiger partial charge in [-0.25, -0.2) is 4.98 Å². The van der Waals surface area contributed by atoms with Crippen molar-refractivity contribution < 1.29 is 0 Å². The van der Waals surface area contributed by atoms with Crippen molar-refractivity contribution in [3.05, 3.63) is 11.8 Å². The van der Waals surface area contributed by atoms with Gasteiger partial charge in [-0.1, -0.05) is 0 Å². The van der Waals surface area contributed by atoms with E-state index in [1.54, 1.807) is 0 Å². The number of hydrogen-bond acceptors (Lipinski definition) is 4. The zero-order valence-corrected chi connectivity index (χ0v) is 8.91. The third kappa shape index (κ3) is 2.13. The number of nitrogens with one attached hydrogen (secondary N) is 1. The van der Waals surface area contributed by atoms with Crippen molar-refractivity contribution in [2.75, 3.05) is 24.3 Å². The highest BCUT2D eigenvalue weighted by Crippen LogP contribution is 2.23. The van der Waals surface area contributed by atoms with Gasteiger partial charge in [-0.15, -0.1) is 0 Å². The second kappa shape index (κ2) is 3.44. The van der Waals surface area contributed by atoms with Crippen molar-refractivity contribution in [1.82, 2.24) is 9.97 Å². The lowest BCUT2D eigenvalue weighted by Gasteiger charge is -2.13. The van der Waals surface area contributed by atoms with E-state index < -0.39 is 0 Å². The van der Waals surface area contributed by atoms with Gasteiger partial charge >= 0.3 is 0 Å². The van der Waals surface area contributed by atoms with Gasteiger partial charge in [0.05, 0.1) is 0 Å². The Morgan fingerprint density at radius 1 is 1.36 bits per heavy atom. The summed E-state index contributed by atoms with van der Waals surface area (Å²) in [7, 11) is 3.98. The molecule has 1 fully saturated rings. The van der Waals surface area contributed by atoms with E-state index in [2.05, 4.69) is 15.3 Å². The van der Waals surface area contributed by atoms with Gasteiger partial charge in [0.15, 0.2) is 0 Å². The Labute approximate surface area is 84.4 Å². The van der Waals surface area contributed by atoms with Gasteiger partial charge in [0.1, 0.15) is 5.82 Å². The highest BCUT2D eigenvalue weighted by molar-refractivity contribution is 5.44. The quantitative estimate of drug-likeness (QED) is 0.786. The number of aryl methyl sites for hydroxylation is 1. The van der Waals surface area contributed by atoms with Crippen LogP contribution in [0.25, 0.3) is 0 Å². The van der Waals surface area contributed by atoms with Gasteiger partial charge in [-0.05, 0) is 19.8 Å². The van der Waals surface area contributed by atoms with E-state index >= 15 is 0 Å². The molecule has 1 aliphatic rings. The molecule has 1 aromatic rings. The molecular weight excluding hydrogens is 176 g/mol. The van der Waals surface area contributed by atoms with Crippen LogP contribution in [-0.2, 0) is 0 Å². The Kier molecular flexibility index (Phi) is 2.27. The van der Waals surface area contributed by atoms with Crippen LogP contribution in [0.3, 0.4) is 0 Å². The lowest BCUT2D eigenvalue weighted by Crippen LogP contribution is -2.14. The Bertz CT molecular complexity index is 331.